The van der Waals surface area contributed by atoms with E-state index in [1.807, 2.05) is 4.90 Å². The van der Waals surface area contributed by atoms with Crippen molar-refractivity contribution in [2.24, 2.45) is 0 Å². The molecule has 2 amide bonds. The highest BCUT2D eigenvalue weighted by Crippen LogP contribution is 2.19. The number of thiazole rings is 1. The van der Waals surface area contributed by atoms with Gasteiger partial charge in [-0.05, 0) is 37.5 Å². The Balaban J connectivity index is 1.60. The predicted molar refractivity (Wildman–Crippen MR) is 101 cm³/mol. The minimum atomic E-state index is -0.637. The molecule has 27 heavy (non-hydrogen) atoms. The highest BCUT2D eigenvalue weighted by Gasteiger charge is 2.20. The number of hydrogen-bond acceptors (Lipinski definition) is 6. The van der Waals surface area contributed by atoms with E-state index in [1.54, 1.807) is 29.8 Å². The molecule has 1 aliphatic rings. The molecule has 3 aromatic rings. The van der Waals surface area contributed by atoms with Crippen molar-refractivity contribution in [2.45, 2.75) is 25.8 Å². The third kappa shape index (κ3) is 3.63. The summed E-state index contributed by atoms with van der Waals surface area (Å²) in [5.74, 6) is -1.09. The fourth-order valence-electron chi connectivity index (χ4n) is 3.21. The molecule has 9 heteroatoms. The normalized spacial score (nSPS) is 14.4. The SMILES string of the molecule is O=C(Cn1c(=O)oc2ccc(C(=O)N3CCCCC3)cc21)Nc1nccs1. The van der Waals surface area contributed by atoms with Crippen molar-refractivity contribution in [1.29, 1.82) is 0 Å². The molecular weight excluding hydrogens is 368 g/mol. The van der Waals surface area contributed by atoms with Crippen LogP contribution in [-0.4, -0.2) is 39.4 Å². The molecule has 8 nitrogen and oxygen atoms in total. The summed E-state index contributed by atoms with van der Waals surface area (Å²) in [5, 5.41) is 4.84. The van der Waals surface area contributed by atoms with Crippen LogP contribution >= 0.6 is 11.3 Å². The Morgan fingerprint density at radius 2 is 2.04 bits per heavy atom. The predicted octanol–water partition coefficient (Wildman–Crippen LogP) is 2.32. The van der Waals surface area contributed by atoms with Crippen molar-refractivity contribution in [2.75, 3.05) is 18.4 Å². The van der Waals surface area contributed by atoms with E-state index in [9.17, 15) is 14.4 Å². The van der Waals surface area contributed by atoms with E-state index < -0.39 is 5.76 Å². The monoisotopic (exact) mass is 386 g/mol. The van der Waals surface area contributed by atoms with E-state index in [4.69, 9.17) is 4.42 Å². The van der Waals surface area contributed by atoms with Crippen LogP contribution in [0.1, 0.15) is 29.6 Å². The highest BCUT2D eigenvalue weighted by molar-refractivity contribution is 7.13. The molecule has 1 aliphatic heterocycles. The number of amides is 2. The topological polar surface area (TPSA) is 97.4 Å². The number of rotatable bonds is 4. The molecule has 1 fully saturated rings. The average Bonchev–Trinajstić information content (AvgIpc) is 3.29. The number of carbonyl (C=O) groups excluding carboxylic acids is 2. The lowest BCUT2D eigenvalue weighted by Crippen LogP contribution is -2.35. The van der Waals surface area contributed by atoms with Gasteiger partial charge < -0.3 is 14.6 Å². The summed E-state index contributed by atoms with van der Waals surface area (Å²) in [5.41, 5.74) is 1.26. The first kappa shape index (κ1) is 17.5. The van der Waals surface area contributed by atoms with Gasteiger partial charge in [0.15, 0.2) is 10.7 Å². The van der Waals surface area contributed by atoms with Crippen molar-refractivity contribution < 1.29 is 14.0 Å². The molecule has 0 radical (unpaired) electrons. The molecule has 1 aromatic carbocycles. The van der Waals surface area contributed by atoms with Crippen LogP contribution in [0.2, 0.25) is 0 Å². The summed E-state index contributed by atoms with van der Waals surface area (Å²) < 4.78 is 6.43. The Morgan fingerprint density at radius 3 is 2.78 bits per heavy atom. The molecular formula is C18H18N4O4S. The molecule has 0 atom stereocenters. The minimum Gasteiger partial charge on any atom is -0.408 e. The molecule has 0 saturated carbocycles. The maximum absolute atomic E-state index is 12.7. The Hall–Kier alpha value is -2.94. The van der Waals surface area contributed by atoms with Gasteiger partial charge >= 0.3 is 5.76 Å². The van der Waals surface area contributed by atoms with Crippen LogP contribution < -0.4 is 11.1 Å². The van der Waals surface area contributed by atoms with Gasteiger partial charge in [0.25, 0.3) is 5.91 Å². The van der Waals surface area contributed by atoms with Gasteiger partial charge in [-0.15, -0.1) is 11.3 Å². The zero-order chi connectivity index (χ0) is 18.8. The van der Waals surface area contributed by atoms with Gasteiger partial charge in [-0.1, -0.05) is 0 Å². The van der Waals surface area contributed by atoms with Gasteiger partial charge in [0, 0.05) is 30.2 Å². The van der Waals surface area contributed by atoms with E-state index in [-0.39, 0.29) is 18.4 Å². The van der Waals surface area contributed by atoms with Crippen LogP contribution in [0.3, 0.4) is 0 Å². The summed E-state index contributed by atoms with van der Waals surface area (Å²) in [7, 11) is 0. The maximum atomic E-state index is 12.7. The first-order valence-corrected chi connectivity index (χ1v) is 9.62. The van der Waals surface area contributed by atoms with Crippen LogP contribution in [0, 0.1) is 0 Å². The molecule has 140 valence electrons. The largest absolute Gasteiger partial charge is 0.420 e. The first-order valence-electron chi connectivity index (χ1n) is 8.74. The van der Waals surface area contributed by atoms with Crippen LogP contribution in [-0.2, 0) is 11.3 Å². The van der Waals surface area contributed by atoms with Gasteiger partial charge in [0.2, 0.25) is 5.91 Å². The first-order chi connectivity index (χ1) is 13.1. The summed E-state index contributed by atoms with van der Waals surface area (Å²) in [6.45, 7) is 1.27. The number of anilines is 1. The zero-order valence-corrected chi connectivity index (χ0v) is 15.3. The Bertz CT molecular complexity index is 1030. The minimum absolute atomic E-state index is 0.0657. The van der Waals surface area contributed by atoms with Crippen molar-refractivity contribution in [3.8, 4) is 0 Å². The second-order valence-electron chi connectivity index (χ2n) is 6.37. The Labute approximate surface area is 158 Å². The second-order valence-corrected chi connectivity index (χ2v) is 7.27. The van der Waals surface area contributed by atoms with Gasteiger partial charge in [-0.3, -0.25) is 14.2 Å². The Morgan fingerprint density at radius 1 is 1.22 bits per heavy atom. The molecule has 4 rings (SSSR count). The maximum Gasteiger partial charge on any atom is 0.420 e. The molecule has 1 N–H and O–H groups in total. The molecule has 3 heterocycles. The third-order valence-corrected chi connectivity index (χ3v) is 5.23. The van der Waals surface area contributed by atoms with Gasteiger partial charge in [0.1, 0.15) is 6.54 Å². The van der Waals surface area contributed by atoms with Crippen LogP contribution in [0.25, 0.3) is 11.1 Å². The smallest absolute Gasteiger partial charge is 0.408 e. The average molecular weight is 386 g/mol. The summed E-state index contributed by atoms with van der Waals surface area (Å²) in [6, 6.07) is 4.87. The van der Waals surface area contributed by atoms with E-state index in [2.05, 4.69) is 10.3 Å². The molecule has 0 spiro atoms. The van der Waals surface area contributed by atoms with Crippen molar-refractivity contribution in [3.05, 3.63) is 45.9 Å². The number of fused-ring (bicyclic) bond motifs is 1. The summed E-state index contributed by atoms with van der Waals surface area (Å²) in [6.07, 6.45) is 4.72. The quantitative estimate of drug-likeness (QED) is 0.742. The van der Waals surface area contributed by atoms with E-state index in [0.717, 1.165) is 32.4 Å². The molecule has 0 bridgehead atoms. The van der Waals surface area contributed by atoms with Crippen LogP contribution in [0.4, 0.5) is 5.13 Å². The van der Waals surface area contributed by atoms with Crippen molar-refractivity contribution in [3.63, 3.8) is 0 Å². The van der Waals surface area contributed by atoms with E-state index in [0.29, 0.717) is 21.8 Å². The zero-order valence-electron chi connectivity index (χ0n) is 14.5. The van der Waals surface area contributed by atoms with Crippen molar-refractivity contribution >= 4 is 39.4 Å². The molecule has 1 saturated heterocycles. The van der Waals surface area contributed by atoms with Crippen LogP contribution in [0.5, 0.6) is 0 Å². The van der Waals surface area contributed by atoms with Crippen LogP contribution in [0.15, 0.2) is 39.0 Å². The number of benzene rings is 1. The van der Waals surface area contributed by atoms with Crippen molar-refractivity contribution in [1.82, 2.24) is 14.5 Å². The van der Waals surface area contributed by atoms with Gasteiger partial charge in [-0.25, -0.2) is 9.78 Å². The lowest BCUT2D eigenvalue weighted by molar-refractivity contribution is -0.116. The number of likely N-dealkylation sites (tertiary alicyclic amines) is 1. The second kappa shape index (κ2) is 7.36. The molecule has 0 aliphatic carbocycles. The number of hydrogen-bond donors (Lipinski definition) is 1. The number of carbonyl (C=O) groups is 2. The molecule has 0 unspecified atom stereocenters. The Kier molecular flexibility index (Phi) is 4.76. The standard InChI is InChI=1S/C18H18N4O4S/c23-15(20-17-19-6-9-27-17)11-22-13-10-12(4-5-14(13)26-18(22)25)16(24)21-7-2-1-3-8-21/h4-6,9-10H,1-3,7-8,11H2,(H,19,20,23). The van der Waals surface area contributed by atoms with E-state index >= 15 is 0 Å². The fourth-order valence-corrected chi connectivity index (χ4v) is 3.76. The number of aromatic nitrogens is 2. The van der Waals surface area contributed by atoms with Gasteiger partial charge in [-0.2, -0.15) is 0 Å². The number of piperidine rings is 1. The van der Waals surface area contributed by atoms with E-state index in [1.165, 1.54) is 15.9 Å². The lowest BCUT2D eigenvalue weighted by Gasteiger charge is -2.26. The number of nitrogens with one attached hydrogen (secondary N) is 1. The number of nitrogens with zero attached hydrogens (tertiary/aromatic N) is 3. The lowest BCUT2D eigenvalue weighted by atomic mass is 10.1. The number of oxazole rings is 1. The highest BCUT2D eigenvalue weighted by atomic mass is 32.1. The fraction of sp³-hybridized carbons (Fsp3) is 0.333. The molecule has 2 aromatic heterocycles. The summed E-state index contributed by atoms with van der Waals surface area (Å²) >= 11 is 1.29. The van der Waals surface area contributed by atoms with Gasteiger partial charge in [0.05, 0.1) is 5.52 Å². The summed E-state index contributed by atoms with van der Waals surface area (Å²) in [4.78, 5) is 42.9. The third-order valence-electron chi connectivity index (χ3n) is 4.54.